The predicted molar refractivity (Wildman–Crippen MR) is 259 cm³/mol. The maximum absolute atomic E-state index is 11.3. The highest BCUT2D eigenvalue weighted by Crippen LogP contribution is 2.19. The van der Waals surface area contributed by atoms with Crippen LogP contribution in [0.3, 0.4) is 0 Å². The molecular formula is C55H106O4. The molecule has 0 atom stereocenters. The Morgan fingerprint density at radius 3 is 0.542 bits per heavy atom. The molecule has 1 N–H and O–H groups in total. The molecule has 0 heterocycles. The number of carbonyl (C=O) groups is 2. The van der Waals surface area contributed by atoms with Gasteiger partial charge >= 0.3 is 11.9 Å². The van der Waals surface area contributed by atoms with Crippen molar-refractivity contribution in [1.82, 2.24) is 0 Å². The average molecular weight is 831 g/mol. The lowest BCUT2D eigenvalue weighted by molar-refractivity contribution is -0.138. The summed E-state index contributed by atoms with van der Waals surface area (Å²) in [5, 5.41) is 8.67. The lowest BCUT2D eigenvalue weighted by Gasteiger charge is -2.05. The van der Waals surface area contributed by atoms with Gasteiger partial charge in [-0.15, -0.1) is 0 Å². The van der Waals surface area contributed by atoms with Crippen molar-refractivity contribution < 1.29 is 19.4 Å². The van der Waals surface area contributed by atoms with Crippen LogP contribution in [0.1, 0.15) is 327 Å². The molecule has 0 aliphatic heterocycles. The van der Waals surface area contributed by atoms with E-state index in [1.54, 1.807) is 0 Å². The van der Waals surface area contributed by atoms with Gasteiger partial charge in [-0.2, -0.15) is 0 Å². The molecule has 59 heavy (non-hydrogen) atoms. The lowest BCUT2D eigenvalue weighted by atomic mass is 10.0. The van der Waals surface area contributed by atoms with Crippen molar-refractivity contribution >= 4 is 11.9 Å². The smallest absolute Gasteiger partial charge is 0.310 e. The van der Waals surface area contributed by atoms with Crippen LogP contribution in [0.15, 0.2) is 12.8 Å². The van der Waals surface area contributed by atoms with Crippen molar-refractivity contribution in [2.24, 2.45) is 0 Å². The Morgan fingerprint density at radius 1 is 0.271 bits per heavy atom. The Kier molecular flexibility index (Phi) is 51.6. The molecule has 0 spiro atoms. The summed E-state index contributed by atoms with van der Waals surface area (Å²) in [6, 6.07) is 0. The van der Waals surface area contributed by atoms with Crippen molar-refractivity contribution in [2.45, 2.75) is 327 Å². The fourth-order valence-electron chi connectivity index (χ4n) is 9.01. The van der Waals surface area contributed by atoms with Crippen LogP contribution < -0.4 is 0 Å². The van der Waals surface area contributed by atoms with Gasteiger partial charge in [-0.3, -0.25) is 9.59 Å². The molecule has 0 fully saturated rings. The zero-order valence-electron chi connectivity index (χ0n) is 40.0. The van der Waals surface area contributed by atoms with Crippen LogP contribution in [-0.4, -0.2) is 17.0 Å². The summed E-state index contributed by atoms with van der Waals surface area (Å²) in [4.78, 5) is 21.8. The van der Waals surface area contributed by atoms with E-state index in [1.165, 1.54) is 295 Å². The van der Waals surface area contributed by atoms with Crippen molar-refractivity contribution in [1.29, 1.82) is 0 Å². The second kappa shape index (κ2) is 52.8. The number of carboxylic acid groups (broad SMARTS) is 1. The van der Waals surface area contributed by atoms with Crippen LogP contribution >= 0.6 is 0 Å². The zero-order valence-corrected chi connectivity index (χ0v) is 40.0. The SMILES string of the molecule is C=COC(=O)CCCCCCCCCCCCCCCCCCCCCCCCCCCCCCCCCCCCCCCCCCCCCCCCCCCC(=O)O. The summed E-state index contributed by atoms with van der Waals surface area (Å²) >= 11 is 0. The largest absolute Gasteiger partial charge is 0.481 e. The molecule has 0 aliphatic carbocycles. The molecule has 0 bridgehead atoms. The van der Waals surface area contributed by atoms with Crippen LogP contribution in [0, 0.1) is 0 Å². The number of esters is 1. The third kappa shape index (κ3) is 54.7. The summed E-state index contributed by atoms with van der Waals surface area (Å²) in [6.07, 6.45) is 70.5. The third-order valence-corrected chi connectivity index (χ3v) is 13.0. The first-order chi connectivity index (χ1) is 29.2. The summed E-state index contributed by atoms with van der Waals surface area (Å²) in [7, 11) is 0. The first kappa shape index (κ1) is 57.7. The minimum atomic E-state index is -0.649. The van der Waals surface area contributed by atoms with Gasteiger partial charge in [-0.1, -0.05) is 308 Å². The highest BCUT2D eigenvalue weighted by molar-refractivity contribution is 5.69. The molecule has 0 rings (SSSR count). The summed E-state index contributed by atoms with van der Waals surface area (Å²) in [5.41, 5.74) is 0. The predicted octanol–water partition coefficient (Wildman–Crippen LogP) is 19.7. The van der Waals surface area contributed by atoms with Gasteiger partial charge < -0.3 is 9.84 Å². The monoisotopic (exact) mass is 831 g/mol. The highest BCUT2D eigenvalue weighted by Gasteiger charge is 2.02. The topological polar surface area (TPSA) is 63.6 Å². The molecule has 0 saturated heterocycles. The molecule has 0 aromatic rings. The number of carbonyl (C=O) groups excluding carboxylic acids is 1. The maximum atomic E-state index is 11.3. The quantitative estimate of drug-likeness (QED) is 0.0377. The Hall–Kier alpha value is -1.32. The molecule has 0 amide bonds. The standard InChI is InChI=1S/C55H106O4/c1-2-59-55(58)53-51-49-47-45-43-41-39-37-35-33-31-29-27-25-23-21-19-17-15-13-11-9-7-5-3-4-6-8-10-12-14-16-18-20-22-24-26-28-30-32-34-36-38-40-42-44-46-48-50-52-54(56)57/h2H,1,3-53H2,(H,56,57). The van der Waals surface area contributed by atoms with Crippen molar-refractivity contribution in [2.75, 3.05) is 0 Å². The Bertz CT molecular complexity index is 824. The molecule has 0 radical (unpaired) electrons. The summed E-state index contributed by atoms with van der Waals surface area (Å²) < 4.78 is 4.75. The van der Waals surface area contributed by atoms with Crippen LogP contribution in [0.4, 0.5) is 0 Å². The number of hydrogen-bond acceptors (Lipinski definition) is 3. The zero-order chi connectivity index (χ0) is 42.6. The van der Waals surface area contributed by atoms with E-state index in [2.05, 4.69) is 6.58 Å². The number of unbranched alkanes of at least 4 members (excludes halogenated alkanes) is 48. The van der Waals surface area contributed by atoms with Crippen molar-refractivity contribution in [3.63, 3.8) is 0 Å². The van der Waals surface area contributed by atoms with Gasteiger partial charge in [0.05, 0.1) is 6.26 Å². The molecule has 0 aliphatic rings. The number of carboxylic acids is 1. The minimum Gasteiger partial charge on any atom is -0.481 e. The van der Waals surface area contributed by atoms with Gasteiger partial charge in [0.25, 0.3) is 0 Å². The first-order valence-corrected chi connectivity index (χ1v) is 27.2. The Morgan fingerprint density at radius 2 is 0.407 bits per heavy atom. The van der Waals surface area contributed by atoms with E-state index in [9.17, 15) is 9.59 Å². The van der Waals surface area contributed by atoms with Gasteiger partial charge in [0.1, 0.15) is 0 Å². The molecule has 4 nitrogen and oxygen atoms in total. The van der Waals surface area contributed by atoms with E-state index in [-0.39, 0.29) is 5.97 Å². The number of rotatable bonds is 53. The second-order valence-corrected chi connectivity index (χ2v) is 18.9. The molecule has 350 valence electrons. The lowest BCUT2D eigenvalue weighted by Crippen LogP contribution is -1.98. The molecule has 0 aromatic carbocycles. The molecule has 0 unspecified atom stereocenters. The fraction of sp³-hybridized carbons (Fsp3) is 0.927. The Balaban J connectivity index is 3.08. The van der Waals surface area contributed by atoms with Gasteiger partial charge in [-0.05, 0) is 12.8 Å². The number of ether oxygens (including phenoxy) is 1. The van der Waals surface area contributed by atoms with Gasteiger partial charge in [0, 0.05) is 12.8 Å². The minimum absolute atomic E-state index is 0.144. The third-order valence-electron chi connectivity index (χ3n) is 13.0. The van der Waals surface area contributed by atoms with E-state index in [0.29, 0.717) is 12.8 Å². The molecule has 4 heteroatoms. The van der Waals surface area contributed by atoms with E-state index in [4.69, 9.17) is 9.84 Å². The number of hydrogen-bond donors (Lipinski definition) is 1. The van der Waals surface area contributed by atoms with E-state index >= 15 is 0 Å². The van der Waals surface area contributed by atoms with Crippen LogP contribution in [0.25, 0.3) is 0 Å². The average Bonchev–Trinajstić information content (AvgIpc) is 3.22. The molecule has 0 saturated carbocycles. The molecular weight excluding hydrogens is 725 g/mol. The van der Waals surface area contributed by atoms with E-state index < -0.39 is 5.97 Å². The molecule has 0 aromatic heterocycles. The number of aliphatic carboxylic acids is 1. The fourth-order valence-corrected chi connectivity index (χ4v) is 9.01. The van der Waals surface area contributed by atoms with Crippen LogP contribution in [0.2, 0.25) is 0 Å². The van der Waals surface area contributed by atoms with Gasteiger partial charge in [0.15, 0.2) is 0 Å². The van der Waals surface area contributed by atoms with Crippen LogP contribution in [0.5, 0.6) is 0 Å². The maximum Gasteiger partial charge on any atom is 0.310 e. The van der Waals surface area contributed by atoms with Gasteiger partial charge in [0.2, 0.25) is 0 Å². The summed E-state index contributed by atoms with van der Waals surface area (Å²) in [5.74, 6) is -0.793. The van der Waals surface area contributed by atoms with Crippen LogP contribution in [-0.2, 0) is 14.3 Å². The normalized spacial score (nSPS) is 11.4. The van der Waals surface area contributed by atoms with Crippen molar-refractivity contribution in [3.05, 3.63) is 12.8 Å². The van der Waals surface area contributed by atoms with E-state index in [0.717, 1.165) is 25.7 Å². The van der Waals surface area contributed by atoms with E-state index in [1.807, 2.05) is 0 Å². The highest BCUT2D eigenvalue weighted by atomic mass is 16.5. The first-order valence-electron chi connectivity index (χ1n) is 27.2. The second-order valence-electron chi connectivity index (χ2n) is 18.9. The van der Waals surface area contributed by atoms with Crippen molar-refractivity contribution in [3.8, 4) is 0 Å². The summed E-state index contributed by atoms with van der Waals surface area (Å²) in [6.45, 7) is 3.42. The Labute approximate surface area is 370 Å². The van der Waals surface area contributed by atoms with Gasteiger partial charge in [-0.25, -0.2) is 0 Å².